The van der Waals surface area contributed by atoms with E-state index in [1.54, 1.807) is 6.08 Å². The highest BCUT2D eigenvalue weighted by Crippen LogP contribution is 2.24. The van der Waals surface area contributed by atoms with Crippen LogP contribution in [0.3, 0.4) is 0 Å². The fraction of sp³-hybridized carbons (Fsp3) is 0.571. The highest BCUT2D eigenvalue weighted by Gasteiger charge is 2.37. The first-order chi connectivity index (χ1) is 4.77. The Balaban J connectivity index is 2.23. The van der Waals surface area contributed by atoms with Gasteiger partial charge in [0.1, 0.15) is 12.2 Å². The number of aliphatic hydroxyl groups is 1. The maximum absolute atomic E-state index is 10.9. The van der Waals surface area contributed by atoms with Crippen LogP contribution in [0.4, 0.5) is 0 Å². The molecule has 2 aliphatic rings. The molecule has 0 aromatic carbocycles. The Morgan fingerprint density at radius 3 is 3.20 bits per heavy atom. The number of ether oxygens (including phenoxy) is 1. The van der Waals surface area contributed by atoms with Gasteiger partial charge in [-0.25, -0.2) is 0 Å². The molecule has 1 N–H and O–H groups in total. The van der Waals surface area contributed by atoms with Crippen molar-refractivity contribution in [3.63, 3.8) is 0 Å². The summed E-state index contributed by atoms with van der Waals surface area (Å²) in [5, 5.41) is 9.14. The molecule has 3 atom stereocenters. The van der Waals surface area contributed by atoms with Crippen molar-refractivity contribution in [2.24, 2.45) is 0 Å². The third kappa shape index (κ3) is 0.711. The summed E-state index contributed by atoms with van der Waals surface area (Å²) in [6, 6.07) is 0. The van der Waals surface area contributed by atoms with Crippen molar-refractivity contribution in [2.75, 3.05) is 0 Å². The molecule has 3 nitrogen and oxygen atoms in total. The van der Waals surface area contributed by atoms with Crippen LogP contribution in [0.1, 0.15) is 6.42 Å². The number of hydrogen-bond acceptors (Lipinski definition) is 3. The number of hydrogen-bond donors (Lipinski definition) is 1. The number of Topliss-reactive ketones (excluding diaryl/α,β-unsaturated/α-hetero) is 1. The van der Waals surface area contributed by atoms with Gasteiger partial charge < -0.3 is 9.84 Å². The topological polar surface area (TPSA) is 46.5 Å². The lowest BCUT2D eigenvalue weighted by Gasteiger charge is -2.23. The molecule has 0 aromatic rings. The molecule has 54 valence electrons. The average molecular weight is 140 g/mol. The van der Waals surface area contributed by atoms with Gasteiger partial charge in [-0.05, 0) is 0 Å². The zero-order chi connectivity index (χ0) is 7.14. The molecular formula is C7H8O3. The van der Waals surface area contributed by atoms with Gasteiger partial charge in [0.2, 0.25) is 0 Å². The van der Waals surface area contributed by atoms with Crippen LogP contribution in [0, 0.1) is 0 Å². The molecule has 0 spiro atoms. The Labute approximate surface area is 58.3 Å². The second-order valence-corrected chi connectivity index (χ2v) is 2.64. The molecule has 2 rings (SSSR count). The lowest BCUT2D eigenvalue weighted by molar-refractivity contribution is -0.144. The van der Waals surface area contributed by atoms with Gasteiger partial charge in [0.15, 0.2) is 5.78 Å². The fourth-order valence-electron chi connectivity index (χ4n) is 1.32. The molecule has 0 amide bonds. The number of rotatable bonds is 0. The highest BCUT2D eigenvalue weighted by atomic mass is 16.5. The summed E-state index contributed by atoms with van der Waals surface area (Å²) in [5.74, 6) is -0.105. The maximum atomic E-state index is 10.9. The zero-order valence-corrected chi connectivity index (χ0v) is 5.36. The van der Waals surface area contributed by atoms with Gasteiger partial charge in [-0.15, -0.1) is 0 Å². The highest BCUT2D eigenvalue weighted by molar-refractivity contribution is 5.85. The molecular weight excluding hydrogens is 132 g/mol. The summed E-state index contributed by atoms with van der Waals surface area (Å²) in [6.07, 6.45) is 2.55. The lowest BCUT2D eigenvalue weighted by atomic mass is 10.1. The molecule has 2 heterocycles. The minimum atomic E-state index is -0.921. The Morgan fingerprint density at radius 2 is 2.40 bits per heavy atom. The Hall–Kier alpha value is -0.670. The molecule has 0 radical (unpaired) electrons. The van der Waals surface area contributed by atoms with Gasteiger partial charge in [-0.2, -0.15) is 0 Å². The summed E-state index contributed by atoms with van der Waals surface area (Å²) in [5.41, 5.74) is 0. The first kappa shape index (κ1) is 6.07. The molecule has 3 heteroatoms. The Bertz CT molecular complexity index is 197. The van der Waals surface area contributed by atoms with Crippen LogP contribution in [0.15, 0.2) is 12.2 Å². The van der Waals surface area contributed by atoms with Crippen LogP contribution in [-0.2, 0) is 9.53 Å². The molecule has 0 saturated carbocycles. The standard InChI is InChI=1S/C7H8O3/c8-5-3-4-1-2-6(10-4)7(5)9/h1-2,4,6-7,9H,3H2/t4-,6+,7?/m0/s1. The second-order valence-electron chi connectivity index (χ2n) is 2.64. The van der Waals surface area contributed by atoms with Crippen LogP contribution in [-0.4, -0.2) is 29.2 Å². The first-order valence-corrected chi connectivity index (χ1v) is 3.32. The Kier molecular flexibility index (Phi) is 1.16. The summed E-state index contributed by atoms with van der Waals surface area (Å²) >= 11 is 0. The summed E-state index contributed by atoms with van der Waals surface area (Å²) in [6.45, 7) is 0. The van der Waals surface area contributed by atoms with Gasteiger partial charge >= 0.3 is 0 Å². The quantitative estimate of drug-likeness (QED) is 0.467. The van der Waals surface area contributed by atoms with Crippen molar-refractivity contribution in [1.82, 2.24) is 0 Å². The summed E-state index contributed by atoms with van der Waals surface area (Å²) < 4.78 is 5.20. The van der Waals surface area contributed by atoms with Gasteiger partial charge in [-0.3, -0.25) is 4.79 Å². The third-order valence-corrected chi connectivity index (χ3v) is 1.89. The van der Waals surface area contributed by atoms with Crippen molar-refractivity contribution >= 4 is 5.78 Å². The van der Waals surface area contributed by atoms with Crippen molar-refractivity contribution in [1.29, 1.82) is 0 Å². The van der Waals surface area contributed by atoms with Crippen molar-refractivity contribution < 1.29 is 14.6 Å². The smallest absolute Gasteiger partial charge is 0.167 e. The van der Waals surface area contributed by atoms with E-state index in [0.717, 1.165) is 0 Å². The van der Waals surface area contributed by atoms with Gasteiger partial charge in [-0.1, -0.05) is 12.2 Å². The minimum Gasteiger partial charge on any atom is -0.382 e. The lowest BCUT2D eigenvalue weighted by Crippen LogP contribution is -2.40. The van der Waals surface area contributed by atoms with E-state index in [-0.39, 0.29) is 18.0 Å². The first-order valence-electron chi connectivity index (χ1n) is 3.32. The van der Waals surface area contributed by atoms with Crippen molar-refractivity contribution in [3.8, 4) is 0 Å². The van der Waals surface area contributed by atoms with Crippen LogP contribution >= 0.6 is 0 Å². The largest absolute Gasteiger partial charge is 0.382 e. The third-order valence-electron chi connectivity index (χ3n) is 1.89. The summed E-state index contributed by atoms with van der Waals surface area (Å²) in [4.78, 5) is 10.9. The van der Waals surface area contributed by atoms with E-state index >= 15 is 0 Å². The predicted octanol–water partition coefficient (Wildman–Crippen LogP) is -0.356. The Morgan fingerprint density at radius 1 is 1.60 bits per heavy atom. The van der Waals surface area contributed by atoms with Crippen LogP contribution in [0.25, 0.3) is 0 Å². The maximum Gasteiger partial charge on any atom is 0.167 e. The number of ketones is 1. The van der Waals surface area contributed by atoms with Crippen LogP contribution in [0.5, 0.6) is 0 Å². The molecule has 0 aliphatic carbocycles. The van der Waals surface area contributed by atoms with Gasteiger partial charge in [0, 0.05) is 6.42 Å². The average Bonchev–Trinajstić information content (AvgIpc) is 2.29. The van der Waals surface area contributed by atoms with Crippen LogP contribution < -0.4 is 0 Å². The molecule has 2 bridgehead atoms. The predicted molar refractivity (Wildman–Crippen MR) is 33.4 cm³/mol. The molecule has 10 heavy (non-hydrogen) atoms. The normalized spacial score (nSPS) is 44.5. The number of carbonyl (C=O) groups is 1. The molecule has 1 fully saturated rings. The van der Waals surface area contributed by atoms with E-state index < -0.39 is 6.10 Å². The molecule has 1 unspecified atom stereocenters. The van der Waals surface area contributed by atoms with Gasteiger partial charge in [0.05, 0.1) is 6.10 Å². The summed E-state index contributed by atoms with van der Waals surface area (Å²) in [7, 11) is 0. The fourth-order valence-corrected chi connectivity index (χ4v) is 1.32. The SMILES string of the molecule is O=C1C[C@@H]2C=C[C@@H](O2)C1O. The van der Waals surface area contributed by atoms with E-state index in [4.69, 9.17) is 9.84 Å². The van der Waals surface area contributed by atoms with Crippen molar-refractivity contribution in [3.05, 3.63) is 12.2 Å². The molecule has 0 aromatic heterocycles. The van der Waals surface area contributed by atoms with Gasteiger partial charge in [0.25, 0.3) is 0 Å². The number of fused-ring (bicyclic) bond motifs is 2. The second kappa shape index (κ2) is 1.90. The molecule has 2 aliphatic heterocycles. The van der Waals surface area contributed by atoms with Crippen LogP contribution in [0.2, 0.25) is 0 Å². The number of aliphatic hydroxyl groups excluding tert-OH is 1. The molecule has 1 saturated heterocycles. The van der Waals surface area contributed by atoms with E-state index in [1.807, 2.05) is 6.08 Å². The zero-order valence-electron chi connectivity index (χ0n) is 5.36. The monoisotopic (exact) mass is 140 g/mol. The van der Waals surface area contributed by atoms with Crippen molar-refractivity contribution in [2.45, 2.75) is 24.7 Å². The van der Waals surface area contributed by atoms with E-state index in [1.165, 1.54) is 0 Å². The van der Waals surface area contributed by atoms with E-state index in [0.29, 0.717) is 6.42 Å². The van der Waals surface area contributed by atoms with E-state index in [9.17, 15) is 4.79 Å². The minimum absolute atomic E-state index is 0.0686. The number of carbonyl (C=O) groups excluding carboxylic acids is 1. The van der Waals surface area contributed by atoms with E-state index in [2.05, 4.69) is 0 Å².